The number of hydrogen-bond acceptors (Lipinski definition) is 6. The lowest BCUT2D eigenvalue weighted by Gasteiger charge is -2.05. The highest BCUT2D eigenvalue weighted by molar-refractivity contribution is 5.34. The minimum atomic E-state index is 0.141. The molecule has 0 aliphatic carbocycles. The lowest BCUT2D eigenvalue weighted by Crippen LogP contribution is -2.06. The number of rotatable bonds is 2. The van der Waals surface area contributed by atoms with Crippen molar-refractivity contribution in [2.75, 3.05) is 12.8 Å². The zero-order valence-electron chi connectivity index (χ0n) is 9.30. The van der Waals surface area contributed by atoms with Gasteiger partial charge in [0.25, 0.3) is 0 Å². The maximum Gasteiger partial charge on any atom is 0.225 e. The Hall–Kier alpha value is -2.18. The van der Waals surface area contributed by atoms with Gasteiger partial charge >= 0.3 is 0 Å². The highest BCUT2D eigenvalue weighted by atomic mass is 16.5. The number of nitrogen functional groups attached to an aromatic ring is 1. The first-order valence-corrected chi connectivity index (χ1v) is 4.69. The Bertz CT molecular complexity index is 521. The molecule has 7 heteroatoms. The van der Waals surface area contributed by atoms with Crippen LogP contribution in [0.4, 0.5) is 5.95 Å². The summed E-state index contributed by atoms with van der Waals surface area (Å²) >= 11 is 0. The van der Waals surface area contributed by atoms with Gasteiger partial charge in [0.2, 0.25) is 11.8 Å². The van der Waals surface area contributed by atoms with Crippen molar-refractivity contribution in [1.82, 2.24) is 24.7 Å². The van der Waals surface area contributed by atoms with Crippen LogP contribution in [0.2, 0.25) is 0 Å². The van der Waals surface area contributed by atoms with Gasteiger partial charge in [-0.15, -0.1) is 5.10 Å². The first-order chi connectivity index (χ1) is 7.60. The molecule has 2 N–H and O–H groups in total. The summed E-state index contributed by atoms with van der Waals surface area (Å²) in [5, 5.41) is 4.20. The SMILES string of the molecule is COc1cc(-n2nc(C)nc2C)nc(N)n1. The molecule has 2 rings (SSSR count). The van der Waals surface area contributed by atoms with Gasteiger partial charge < -0.3 is 10.5 Å². The normalized spacial score (nSPS) is 10.4. The van der Waals surface area contributed by atoms with Crippen molar-refractivity contribution in [2.45, 2.75) is 13.8 Å². The summed E-state index contributed by atoms with van der Waals surface area (Å²) in [5.74, 6) is 2.49. The Morgan fingerprint density at radius 2 is 2.00 bits per heavy atom. The molecule has 0 amide bonds. The van der Waals surface area contributed by atoms with Gasteiger partial charge in [-0.05, 0) is 13.8 Å². The van der Waals surface area contributed by atoms with Crippen molar-refractivity contribution < 1.29 is 4.74 Å². The molecule has 0 radical (unpaired) electrons. The average molecular weight is 220 g/mol. The van der Waals surface area contributed by atoms with Crippen LogP contribution in [0.15, 0.2) is 6.07 Å². The second-order valence-corrected chi connectivity index (χ2v) is 3.24. The van der Waals surface area contributed by atoms with Gasteiger partial charge in [0.15, 0.2) is 5.82 Å². The largest absolute Gasteiger partial charge is 0.481 e. The fourth-order valence-corrected chi connectivity index (χ4v) is 1.38. The predicted octanol–water partition coefficient (Wildman–Crippen LogP) is 0.265. The number of hydrogen-bond donors (Lipinski definition) is 1. The molecule has 0 fully saturated rings. The Morgan fingerprint density at radius 3 is 2.56 bits per heavy atom. The fourth-order valence-electron chi connectivity index (χ4n) is 1.38. The van der Waals surface area contributed by atoms with Gasteiger partial charge in [0, 0.05) is 6.07 Å². The first-order valence-electron chi connectivity index (χ1n) is 4.69. The third-order valence-electron chi connectivity index (χ3n) is 2.01. The zero-order chi connectivity index (χ0) is 11.7. The molecule has 0 bridgehead atoms. The maximum atomic E-state index is 5.57. The van der Waals surface area contributed by atoms with E-state index in [0.717, 1.165) is 5.82 Å². The lowest BCUT2D eigenvalue weighted by atomic mass is 10.5. The Kier molecular flexibility index (Phi) is 2.43. The Morgan fingerprint density at radius 1 is 1.25 bits per heavy atom. The molecule has 0 aliphatic rings. The zero-order valence-corrected chi connectivity index (χ0v) is 9.30. The predicted molar refractivity (Wildman–Crippen MR) is 57.4 cm³/mol. The number of ether oxygens (including phenoxy) is 1. The fraction of sp³-hybridized carbons (Fsp3) is 0.333. The summed E-state index contributed by atoms with van der Waals surface area (Å²) in [5.41, 5.74) is 5.57. The molecule has 0 aromatic carbocycles. The Balaban J connectivity index is 2.55. The molecule has 2 aromatic rings. The summed E-state index contributed by atoms with van der Waals surface area (Å²) < 4.78 is 6.60. The summed E-state index contributed by atoms with van der Waals surface area (Å²) in [4.78, 5) is 12.2. The van der Waals surface area contributed by atoms with Gasteiger partial charge in [0.05, 0.1) is 7.11 Å². The number of methoxy groups -OCH3 is 1. The van der Waals surface area contributed by atoms with Crippen molar-refractivity contribution in [3.8, 4) is 11.7 Å². The molecule has 0 unspecified atom stereocenters. The number of aryl methyl sites for hydroxylation is 2. The number of nitrogens with zero attached hydrogens (tertiary/aromatic N) is 5. The van der Waals surface area contributed by atoms with Crippen molar-refractivity contribution in [2.24, 2.45) is 0 Å². The monoisotopic (exact) mass is 220 g/mol. The molecule has 2 aromatic heterocycles. The van der Waals surface area contributed by atoms with Gasteiger partial charge in [-0.25, -0.2) is 4.98 Å². The second-order valence-electron chi connectivity index (χ2n) is 3.24. The lowest BCUT2D eigenvalue weighted by molar-refractivity contribution is 0.397. The van der Waals surface area contributed by atoms with Gasteiger partial charge in [0.1, 0.15) is 11.6 Å². The maximum absolute atomic E-state index is 5.57. The van der Waals surface area contributed by atoms with Crippen molar-refractivity contribution in [1.29, 1.82) is 0 Å². The van der Waals surface area contributed by atoms with Crippen LogP contribution < -0.4 is 10.5 Å². The van der Waals surface area contributed by atoms with E-state index in [0.29, 0.717) is 17.5 Å². The van der Waals surface area contributed by atoms with Gasteiger partial charge in [-0.2, -0.15) is 14.6 Å². The van der Waals surface area contributed by atoms with Crippen LogP contribution in [0, 0.1) is 13.8 Å². The van der Waals surface area contributed by atoms with Gasteiger partial charge in [-0.3, -0.25) is 0 Å². The molecule has 16 heavy (non-hydrogen) atoms. The summed E-state index contributed by atoms with van der Waals surface area (Å²) in [6.45, 7) is 3.65. The van der Waals surface area contributed by atoms with E-state index in [1.807, 2.05) is 13.8 Å². The molecule has 0 saturated carbocycles. The Labute approximate surface area is 92.3 Å². The van der Waals surface area contributed by atoms with Crippen LogP contribution in [0.1, 0.15) is 11.6 Å². The number of anilines is 1. The first kappa shape index (κ1) is 10.3. The van der Waals surface area contributed by atoms with Crippen LogP contribution in [0.5, 0.6) is 5.88 Å². The highest BCUT2D eigenvalue weighted by Gasteiger charge is 2.09. The topological polar surface area (TPSA) is 91.7 Å². The molecular formula is C9H12N6O. The van der Waals surface area contributed by atoms with Crippen molar-refractivity contribution in [3.63, 3.8) is 0 Å². The summed E-state index contributed by atoms with van der Waals surface area (Å²) in [7, 11) is 1.52. The second kappa shape index (κ2) is 3.76. The minimum absolute atomic E-state index is 0.141. The quantitative estimate of drug-likeness (QED) is 0.780. The molecular weight excluding hydrogens is 208 g/mol. The molecule has 0 spiro atoms. The molecule has 2 heterocycles. The molecule has 84 valence electrons. The number of nitrogens with two attached hydrogens (primary N) is 1. The summed E-state index contributed by atoms with van der Waals surface area (Å²) in [6.07, 6.45) is 0. The van der Waals surface area contributed by atoms with Crippen LogP contribution in [-0.4, -0.2) is 31.8 Å². The van der Waals surface area contributed by atoms with Crippen LogP contribution in [-0.2, 0) is 0 Å². The van der Waals surface area contributed by atoms with Crippen LogP contribution >= 0.6 is 0 Å². The van der Waals surface area contributed by atoms with E-state index in [9.17, 15) is 0 Å². The van der Waals surface area contributed by atoms with E-state index in [4.69, 9.17) is 10.5 Å². The van der Waals surface area contributed by atoms with E-state index < -0.39 is 0 Å². The van der Waals surface area contributed by atoms with Crippen molar-refractivity contribution >= 4 is 5.95 Å². The third kappa shape index (κ3) is 1.79. The van der Waals surface area contributed by atoms with Crippen LogP contribution in [0.3, 0.4) is 0 Å². The molecule has 7 nitrogen and oxygen atoms in total. The number of aromatic nitrogens is 5. The molecule has 0 aliphatic heterocycles. The summed E-state index contributed by atoms with van der Waals surface area (Å²) in [6, 6.07) is 1.65. The van der Waals surface area contributed by atoms with Crippen LogP contribution in [0.25, 0.3) is 5.82 Å². The highest BCUT2D eigenvalue weighted by Crippen LogP contribution is 2.14. The van der Waals surface area contributed by atoms with E-state index >= 15 is 0 Å². The smallest absolute Gasteiger partial charge is 0.225 e. The standard InChI is InChI=1S/C9H12N6O/c1-5-11-6(2)15(14-5)7-4-8(16-3)13-9(10)12-7/h4H,1-3H3,(H2,10,12,13). The molecule has 0 atom stereocenters. The average Bonchev–Trinajstić information content (AvgIpc) is 2.57. The molecule has 0 saturated heterocycles. The minimum Gasteiger partial charge on any atom is -0.481 e. The van der Waals surface area contributed by atoms with Crippen molar-refractivity contribution in [3.05, 3.63) is 17.7 Å². The van der Waals surface area contributed by atoms with E-state index in [1.165, 1.54) is 7.11 Å². The van der Waals surface area contributed by atoms with E-state index in [1.54, 1.807) is 10.7 Å². The van der Waals surface area contributed by atoms with Gasteiger partial charge in [-0.1, -0.05) is 0 Å². The van der Waals surface area contributed by atoms with E-state index in [2.05, 4.69) is 20.1 Å². The van der Waals surface area contributed by atoms with E-state index in [-0.39, 0.29) is 5.95 Å². The third-order valence-corrected chi connectivity index (χ3v) is 2.01.